The van der Waals surface area contributed by atoms with Crippen LogP contribution in [0, 0.1) is 0 Å². The molecular weight excluding hydrogens is 194 g/mol. The van der Waals surface area contributed by atoms with Gasteiger partial charge in [0.15, 0.2) is 0 Å². The number of aromatic nitrogens is 3. The number of fused-ring (bicyclic) bond motifs is 1. The van der Waals surface area contributed by atoms with E-state index in [0.29, 0.717) is 0 Å². The molecule has 0 radical (unpaired) electrons. The van der Waals surface area contributed by atoms with E-state index in [1.807, 2.05) is 29.8 Å². The first-order valence-electron chi connectivity index (χ1n) is 4.17. The summed E-state index contributed by atoms with van der Waals surface area (Å²) in [5.41, 5.74) is 3.91. The molecule has 0 aliphatic rings. The average Bonchev–Trinajstić information content (AvgIpc) is 2.92. The van der Waals surface area contributed by atoms with E-state index < -0.39 is 0 Å². The largest absolute Gasteiger partial charge is 0.360 e. The Morgan fingerprint density at radius 2 is 2.21 bits per heavy atom. The van der Waals surface area contributed by atoms with Crippen LogP contribution in [0.3, 0.4) is 0 Å². The molecule has 0 unspecified atom stereocenters. The minimum Gasteiger partial charge on any atom is -0.360 e. The lowest BCUT2D eigenvalue weighted by Gasteiger charge is -1.82. The first kappa shape index (κ1) is 8.90. The minimum atomic E-state index is 1.03. The van der Waals surface area contributed by atoms with E-state index in [2.05, 4.69) is 15.0 Å². The molecular formula is C10H9N3S. The molecule has 70 valence electrons. The second kappa shape index (κ2) is 4.53. The molecule has 0 bridgehead atoms. The van der Waals surface area contributed by atoms with E-state index in [1.165, 1.54) is 0 Å². The lowest BCUT2D eigenvalue weighted by molar-refractivity contribution is 1.41. The summed E-state index contributed by atoms with van der Waals surface area (Å²) in [4.78, 5) is 10.9. The Kier molecular flexibility index (Phi) is 2.88. The molecule has 4 heteroatoms. The molecule has 0 aliphatic carbocycles. The molecule has 0 aliphatic heterocycles. The molecule has 0 saturated heterocycles. The Morgan fingerprint density at radius 1 is 1.21 bits per heavy atom. The quantitative estimate of drug-likeness (QED) is 0.610. The van der Waals surface area contributed by atoms with E-state index >= 15 is 0 Å². The number of hydrogen-bond donors (Lipinski definition) is 1. The second-order valence-electron chi connectivity index (χ2n) is 2.59. The van der Waals surface area contributed by atoms with Gasteiger partial charge in [-0.3, -0.25) is 9.97 Å². The number of H-pyrrole nitrogens is 1. The molecule has 3 heterocycles. The van der Waals surface area contributed by atoms with Crippen LogP contribution in [0.2, 0.25) is 0 Å². The lowest BCUT2D eigenvalue weighted by atomic mass is 10.4. The van der Waals surface area contributed by atoms with Gasteiger partial charge in [-0.1, -0.05) is 0 Å². The fourth-order valence-electron chi connectivity index (χ4n) is 1.06. The third kappa shape index (κ3) is 2.17. The zero-order chi connectivity index (χ0) is 9.64. The summed E-state index contributed by atoms with van der Waals surface area (Å²) in [6.45, 7) is 0. The predicted octanol–water partition coefficient (Wildman–Crippen LogP) is 2.71. The Balaban J connectivity index is 0.000000128. The number of nitrogens with zero attached hydrogens (tertiary/aromatic N) is 2. The fourth-order valence-corrected chi connectivity index (χ4v) is 1.41. The Labute approximate surface area is 85.5 Å². The van der Waals surface area contributed by atoms with Crippen LogP contribution in [0.4, 0.5) is 0 Å². The standard InChI is InChI=1S/C7H6N2.C3H3NS/c1-2-6-7(8-4-1)3-5-9-6;1-2-5-3-4-1/h1-5,9H;1-3H. The van der Waals surface area contributed by atoms with Gasteiger partial charge in [-0.25, -0.2) is 0 Å². The van der Waals surface area contributed by atoms with Crippen LogP contribution in [0.15, 0.2) is 47.7 Å². The van der Waals surface area contributed by atoms with E-state index in [4.69, 9.17) is 0 Å². The summed E-state index contributed by atoms with van der Waals surface area (Å²) in [6.07, 6.45) is 5.44. The normalized spacial score (nSPS) is 9.43. The van der Waals surface area contributed by atoms with Crippen molar-refractivity contribution >= 4 is 22.4 Å². The summed E-state index contributed by atoms with van der Waals surface area (Å²) in [5.74, 6) is 0. The molecule has 3 aromatic heterocycles. The maximum atomic E-state index is 4.11. The van der Waals surface area contributed by atoms with Crippen LogP contribution < -0.4 is 0 Å². The minimum absolute atomic E-state index is 1.03. The number of aromatic amines is 1. The van der Waals surface area contributed by atoms with Crippen molar-refractivity contribution in [3.05, 3.63) is 47.7 Å². The fraction of sp³-hybridized carbons (Fsp3) is 0. The number of rotatable bonds is 0. The summed E-state index contributed by atoms with van der Waals surface area (Å²) in [5, 5.41) is 1.93. The van der Waals surface area contributed by atoms with Gasteiger partial charge < -0.3 is 4.98 Å². The summed E-state index contributed by atoms with van der Waals surface area (Å²) < 4.78 is 0. The van der Waals surface area contributed by atoms with E-state index in [1.54, 1.807) is 29.2 Å². The van der Waals surface area contributed by atoms with Crippen LogP contribution in [0.5, 0.6) is 0 Å². The highest BCUT2D eigenvalue weighted by atomic mass is 32.1. The van der Waals surface area contributed by atoms with Crippen LogP contribution in [-0.2, 0) is 0 Å². The molecule has 3 rings (SSSR count). The van der Waals surface area contributed by atoms with E-state index in [-0.39, 0.29) is 0 Å². The molecule has 3 aromatic rings. The van der Waals surface area contributed by atoms with Crippen LogP contribution >= 0.6 is 11.3 Å². The summed E-state index contributed by atoms with van der Waals surface area (Å²) >= 11 is 1.60. The van der Waals surface area contributed by atoms with Crippen molar-refractivity contribution in [1.29, 1.82) is 0 Å². The molecule has 0 spiro atoms. The second-order valence-corrected chi connectivity index (χ2v) is 3.34. The van der Waals surface area contributed by atoms with Crippen molar-refractivity contribution in [2.24, 2.45) is 0 Å². The van der Waals surface area contributed by atoms with Crippen molar-refractivity contribution in [3.8, 4) is 0 Å². The molecule has 14 heavy (non-hydrogen) atoms. The molecule has 3 nitrogen and oxygen atoms in total. The lowest BCUT2D eigenvalue weighted by Crippen LogP contribution is -1.68. The van der Waals surface area contributed by atoms with Gasteiger partial charge in [-0.15, -0.1) is 11.3 Å². The van der Waals surface area contributed by atoms with Gasteiger partial charge in [-0.2, -0.15) is 0 Å². The van der Waals surface area contributed by atoms with Crippen LogP contribution in [0.25, 0.3) is 11.0 Å². The Morgan fingerprint density at radius 3 is 2.86 bits per heavy atom. The van der Waals surface area contributed by atoms with Gasteiger partial charge in [0.2, 0.25) is 0 Å². The maximum absolute atomic E-state index is 4.11. The van der Waals surface area contributed by atoms with Gasteiger partial charge in [0.1, 0.15) is 0 Å². The van der Waals surface area contributed by atoms with Gasteiger partial charge in [0.05, 0.1) is 16.5 Å². The molecule has 0 atom stereocenters. The third-order valence-corrected chi connectivity index (χ3v) is 2.19. The molecule has 1 N–H and O–H groups in total. The Hall–Kier alpha value is -1.68. The van der Waals surface area contributed by atoms with Crippen molar-refractivity contribution in [1.82, 2.24) is 15.0 Å². The van der Waals surface area contributed by atoms with Crippen molar-refractivity contribution < 1.29 is 0 Å². The highest BCUT2D eigenvalue weighted by Gasteiger charge is 1.88. The number of thiazole rings is 1. The monoisotopic (exact) mass is 203 g/mol. The predicted molar refractivity (Wildman–Crippen MR) is 58.2 cm³/mol. The third-order valence-electron chi connectivity index (χ3n) is 1.67. The van der Waals surface area contributed by atoms with Crippen molar-refractivity contribution in [2.45, 2.75) is 0 Å². The van der Waals surface area contributed by atoms with Gasteiger partial charge >= 0.3 is 0 Å². The maximum Gasteiger partial charge on any atom is 0.0878 e. The van der Waals surface area contributed by atoms with Crippen molar-refractivity contribution in [2.75, 3.05) is 0 Å². The Bertz CT molecular complexity index is 425. The summed E-state index contributed by atoms with van der Waals surface area (Å²) in [6, 6.07) is 5.87. The van der Waals surface area contributed by atoms with Crippen LogP contribution in [0.1, 0.15) is 0 Å². The highest BCUT2D eigenvalue weighted by molar-refractivity contribution is 7.07. The molecule has 0 amide bonds. The zero-order valence-corrected chi connectivity index (χ0v) is 8.24. The average molecular weight is 203 g/mol. The van der Waals surface area contributed by atoms with Gasteiger partial charge in [0, 0.05) is 24.0 Å². The highest BCUT2D eigenvalue weighted by Crippen LogP contribution is 2.05. The topological polar surface area (TPSA) is 41.6 Å². The number of nitrogens with one attached hydrogen (secondary N) is 1. The first-order chi connectivity index (χ1) is 6.97. The van der Waals surface area contributed by atoms with Crippen LogP contribution in [-0.4, -0.2) is 15.0 Å². The number of hydrogen-bond acceptors (Lipinski definition) is 3. The number of pyridine rings is 1. The first-order valence-corrected chi connectivity index (χ1v) is 5.11. The molecule has 0 aromatic carbocycles. The van der Waals surface area contributed by atoms with E-state index in [9.17, 15) is 0 Å². The summed E-state index contributed by atoms with van der Waals surface area (Å²) in [7, 11) is 0. The van der Waals surface area contributed by atoms with E-state index in [0.717, 1.165) is 11.0 Å². The smallest absolute Gasteiger partial charge is 0.0878 e. The van der Waals surface area contributed by atoms with Gasteiger partial charge in [0.25, 0.3) is 0 Å². The zero-order valence-electron chi connectivity index (χ0n) is 7.42. The SMILES string of the molecule is c1cnc2cc[nH]c2c1.c1cscn1. The molecule has 0 fully saturated rings. The van der Waals surface area contributed by atoms with Gasteiger partial charge in [-0.05, 0) is 18.2 Å². The van der Waals surface area contributed by atoms with Crippen molar-refractivity contribution in [3.63, 3.8) is 0 Å². The molecule has 0 saturated carbocycles.